The summed E-state index contributed by atoms with van der Waals surface area (Å²) in [5.41, 5.74) is 3.60. The van der Waals surface area contributed by atoms with E-state index in [-0.39, 0.29) is 0 Å². The molecule has 0 saturated heterocycles. The summed E-state index contributed by atoms with van der Waals surface area (Å²) >= 11 is 0. The topological polar surface area (TPSA) is 57.9 Å². The number of hydrogen-bond acceptors (Lipinski definition) is 5. The number of rotatable bonds is 7. The lowest BCUT2D eigenvalue weighted by molar-refractivity contribution is 0.112. The molecule has 0 saturated carbocycles. The van der Waals surface area contributed by atoms with Gasteiger partial charge < -0.3 is 18.6 Å². The number of aldehydes is 1. The van der Waals surface area contributed by atoms with Crippen molar-refractivity contribution in [3.05, 3.63) is 66.2 Å². The maximum absolute atomic E-state index is 11.9. The van der Waals surface area contributed by atoms with E-state index in [1.807, 2.05) is 55.5 Å². The molecule has 0 fully saturated rings. The van der Waals surface area contributed by atoms with Gasteiger partial charge in [-0.05, 0) is 61.5 Å². The normalized spacial score (nSPS) is 10.8. The van der Waals surface area contributed by atoms with Gasteiger partial charge in [-0.3, -0.25) is 4.79 Å². The second-order valence-corrected chi connectivity index (χ2v) is 6.67. The SMILES string of the molecule is CCOc1cccc2oc(-c3ccc(OC)cc3)c(-c3cc(OC)ccc3C=O)c12. The number of furan rings is 1. The Morgan fingerprint density at radius 2 is 1.67 bits per heavy atom. The van der Waals surface area contributed by atoms with E-state index in [4.69, 9.17) is 18.6 Å². The Bertz CT molecular complexity index is 1190. The summed E-state index contributed by atoms with van der Waals surface area (Å²) in [6, 6.07) is 18.7. The highest BCUT2D eigenvalue weighted by atomic mass is 16.5. The van der Waals surface area contributed by atoms with E-state index in [2.05, 4.69) is 0 Å². The molecule has 0 aliphatic rings. The minimum Gasteiger partial charge on any atom is -0.497 e. The predicted octanol–water partition coefficient (Wildman–Crippen LogP) is 6.00. The van der Waals surface area contributed by atoms with E-state index >= 15 is 0 Å². The van der Waals surface area contributed by atoms with Crippen LogP contribution in [0.1, 0.15) is 17.3 Å². The molecule has 0 radical (unpaired) electrons. The summed E-state index contributed by atoms with van der Waals surface area (Å²) in [4.78, 5) is 11.9. The fourth-order valence-corrected chi connectivity index (χ4v) is 3.58. The zero-order valence-corrected chi connectivity index (χ0v) is 17.1. The van der Waals surface area contributed by atoms with Gasteiger partial charge in [0.2, 0.25) is 0 Å². The molecule has 3 aromatic carbocycles. The van der Waals surface area contributed by atoms with Crippen LogP contribution < -0.4 is 14.2 Å². The van der Waals surface area contributed by atoms with Crippen LogP contribution in [0, 0.1) is 0 Å². The van der Waals surface area contributed by atoms with Crippen molar-refractivity contribution in [3.8, 4) is 39.7 Å². The van der Waals surface area contributed by atoms with Gasteiger partial charge >= 0.3 is 0 Å². The lowest BCUT2D eigenvalue weighted by Crippen LogP contribution is -1.94. The van der Waals surface area contributed by atoms with Crippen molar-refractivity contribution in [1.82, 2.24) is 0 Å². The molecule has 0 spiro atoms. The number of ether oxygens (including phenoxy) is 3. The van der Waals surface area contributed by atoms with Crippen molar-refractivity contribution in [3.63, 3.8) is 0 Å². The first-order chi connectivity index (χ1) is 14.7. The number of methoxy groups -OCH3 is 2. The average Bonchev–Trinajstić information content (AvgIpc) is 3.19. The fourth-order valence-electron chi connectivity index (χ4n) is 3.58. The second kappa shape index (κ2) is 8.33. The van der Waals surface area contributed by atoms with Crippen LogP contribution in [0.2, 0.25) is 0 Å². The van der Waals surface area contributed by atoms with Crippen LogP contribution in [-0.4, -0.2) is 27.1 Å². The molecule has 152 valence electrons. The zero-order valence-electron chi connectivity index (χ0n) is 17.1. The van der Waals surface area contributed by atoms with Crippen LogP contribution in [-0.2, 0) is 0 Å². The fraction of sp³-hybridized carbons (Fsp3) is 0.160. The van der Waals surface area contributed by atoms with Gasteiger partial charge in [0.05, 0.1) is 26.2 Å². The predicted molar refractivity (Wildman–Crippen MR) is 117 cm³/mol. The molecule has 0 N–H and O–H groups in total. The van der Waals surface area contributed by atoms with Gasteiger partial charge in [-0.2, -0.15) is 0 Å². The van der Waals surface area contributed by atoms with Gasteiger partial charge in [0.15, 0.2) is 6.29 Å². The van der Waals surface area contributed by atoms with Crippen molar-refractivity contribution in [2.75, 3.05) is 20.8 Å². The third-order valence-corrected chi connectivity index (χ3v) is 4.99. The number of fused-ring (bicyclic) bond motifs is 1. The van der Waals surface area contributed by atoms with E-state index in [0.29, 0.717) is 35.0 Å². The van der Waals surface area contributed by atoms with E-state index in [1.54, 1.807) is 26.4 Å². The molecule has 0 aliphatic heterocycles. The molecule has 5 nitrogen and oxygen atoms in total. The monoisotopic (exact) mass is 402 g/mol. The van der Waals surface area contributed by atoms with Crippen LogP contribution in [0.3, 0.4) is 0 Å². The molecule has 5 heteroatoms. The molecule has 0 bridgehead atoms. The summed E-state index contributed by atoms with van der Waals surface area (Å²) in [6.45, 7) is 2.45. The first-order valence-electron chi connectivity index (χ1n) is 9.66. The average molecular weight is 402 g/mol. The van der Waals surface area contributed by atoms with Gasteiger partial charge in [-0.1, -0.05) is 6.07 Å². The summed E-state index contributed by atoms with van der Waals surface area (Å²) < 4.78 is 22.9. The van der Waals surface area contributed by atoms with Crippen molar-refractivity contribution < 1.29 is 23.4 Å². The Labute approximate surface area is 174 Å². The highest BCUT2D eigenvalue weighted by Gasteiger charge is 2.23. The highest BCUT2D eigenvalue weighted by molar-refractivity contribution is 6.08. The molecular formula is C25H22O5. The Kier molecular flexibility index (Phi) is 5.44. The summed E-state index contributed by atoms with van der Waals surface area (Å²) in [5, 5.41) is 0.821. The molecule has 0 amide bonds. The lowest BCUT2D eigenvalue weighted by Gasteiger charge is -2.11. The van der Waals surface area contributed by atoms with E-state index in [9.17, 15) is 4.79 Å². The standard InChI is InChI=1S/C25H22O5/c1-4-29-21-6-5-7-22-24(21)23(20-14-19(28-3)13-10-17(20)15-26)25(30-22)16-8-11-18(27-2)12-9-16/h5-15H,4H2,1-3H3. The Morgan fingerprint density at radius 3 is 2.33 bits per heavy atom. The van der Waals surface area contributed by atoms with Crippen LogP contribution in [0.15, 0.2) is 65.1 Å². The molecule has 1 aromatic heterocycles. The van der Waals surface area contributed by atoms with Gasteiger partial charge in [0.25, 0.3) is 0 Å². The molecule has 1 heterocycles. The molecule has 0 unspecified atom stereocenters. The second-order valence-electron chi connectivity index (χ2n) is 6.67. The van der Waals surface area contributed by atoms with Gasteiger partial charge in [-0.15, -0.1) is 0 Å². The Hall–Kier alpha value is -3.73. The first-order valence-corrected chi connectivity index (χ1v) is 9.66. The smallest absolute Gasteiger partial charge is 0.150 e. The summed E-state index contributed by atoms with van der Waals surface area (Å²) in [6.07, 6.45) is 0.842. The van der Waals surface area contributed by atoms with Crippen molar-refractivity contribution in [2.24, 2.45) is 0 Å². The highest BCUT2D eigenvalue weighted by Crippen LogP contribution is 2.46. The van der Waals surface area contributed by atoms with Gasteiger partial charge in [-0.25, -0.2) is 0 Å². The summed E-state index contributed by atoms with van der Waals surface area (Å²) in [7, 11) is 3.23. The maximum atomic E-state index is 11.9. The largest absolute Gasteiger partial charge is 0.497 e. The Morgan fingerprint density at radius 1 is 0.933 bits per heavy atom. The quantitative estimate of drug-likeness (QED) is 0.355. The van der Waals surface area contributed by atoms with Crippen LogP contribution in [0.5, 0.6) is 17.2 Å². The van der Waals surface area contributed by atoms with Crippen molar-refractivity contribution >= 4 is 17.3 Å². The minimum absolute atomic E-state index is 0.514. The van der Waals surface area contributed by atoms with Crippen LogP contribution in [0.25, 0.3) is 33.4 Å². The molecule has 4 aromatic rings. The van der Waals surface area contributed by atoms with Gasteiger partial charge in [0.1, 0.15) is 28.6 Å². The van der Waals surface area contributed by atoms with E-state index < -0.39 is 0 Å². The molecule has 30 heavy (non-hydrogen) atoms. The van der Waals surface area contributed by atoms with E-state index in [0.717, 1.165) is 34.1 Å². The third-order valence-electron chi connectivity index (χ3n) is 4.99. The van der Waals surface area contributed by atoms with Gasteiger partial charge in [0, 0.05) is 22.3 Å². The molecule has 0 aliphatic carbocycles. The number of benzene rings is 3. The molecular weight excluding hydrogens is 380 g/mol. The summed E-state index contributed by atoms with van der Waals surface area (Å²) in [5.74, 6) is 2.75. The maximum Gasteiger partial charge on any atom is 0.150 e. The number of hydrogen-bond donors (Lipinski definition) is 0. The number of carbonyl (C=O) groups is 1. The Balaban J connectivity index is 2.08. The van der Waals surface area contributed by atoms with Crippen molar-refractivity contribution in [2.45, 2.75) is 6.92 Å². The third kappa shape index (κ3) is 3.39. The van der Waals surface area contributed by atoms with Crippen LogP contribution in [0.4, 0.5) is 0 Å². The van der Waals surface area contributed by atoms with Crippen molar-refractivity contribution in [1.29, 1.82) is 0 Å². The minimum atomic E-state index is 0.514. The number of carbonyl (C=O) groups excluding carboxylic acids is 1. The molecule has 0 atom stereocenters. The lowest BCUT2D eigenvalue weighted by atomic mass is 9.94. The van der Waals surface area contributed by atoms with E-state index in [1.165, 1.54) is 0 Å². The zero-order chi connectivity index (χ0) is 21.1. The molecule has 4 rings (SSSR count). The first kappa shape index (κ1) is 19.6. The van der Waals surface area contributed by atoms with Crippen LogP contribution >= 0.6 is 0 Å².